The van der Waals surface area contributed by atoms with Crippen molar-refractivity contribution in [1.82, 2.24) is 14.5 Å². The van der Waals surface area contributed by atoms with E-state index in [0.29, 0.717) is 0 Å². The van der Waals surface area contributed by atoms with E-state index >= 15 is 0 Å². The molecule has 3 heterocycles. The number of anilines is 1. The predicted octanol–water partition coefficient (Wildman–Crippen LogP) is 4.06. The van der Waals surface area contributed by atoms with Gasteiger partial charge in [0, 0.05) is 44.2 Å². The lowest BCUT2D eigenvalue weighted by Crippen LogP contribution is -2.42. The summed E-state index contributed by atoms with van der Waals surface area (Å²) in [6.45, 7) is 7.53. The Bertz CT molecular complexity index is 1140. The molecular formula is C27H34N4O3. The molecule has 34 heavy (non-hydrogen) atoms. The van der Waals surface area contributed by atoms with E-state index in [2.05, 4.69) is 58.9 Å². The van der Waals surface area contributed by atoms with Crippen molar-refractivity contribution in [3.63, 3.8) is 0 Å². The third-order valence-corrected chi connectivity index (χ3v) is 7.19. The number of carbonyl (C=O) groups is 1. The fourth-order valence-electron chi connectivity index (χ4n) is 5.26. The average molecular weight is 463 g/mol. The summed E-state index contributed by atoms with van der Waals surface area (Å²) < 4.78 is 13.0. The summed E-state index contributed by atoms with van der Waals surface area (Å²) in [5.74, 6) is 1.11. The molecule has 1 atom stereocenters. The molecule has 2 aliphatic heterocycles. The largest absolute Gasteiger partial charge is 0.452 e. The number of imidazole rings is 1. The van der Waals surface area contributed by atoms with E-state index in [1.807, 2.05) is 0 Å². The Morgan fingerprint density at radius 2 is 1.88 bits per heavy atom. The number of morpholine rings is 1. The molecular weight excluding hydrogens is 428 g/mol. The zero-order valence-electron chi connectivity index (χ0n) is 20.2. The van der Waals surface area contributed by atoms with Gasteiger partial charge in [-0.1, -0.05) is 30.3 Å². The quantitative estimate of drug-likeness (QED) is 0.553. The number of rotatable bonds is 6. The molecule has 3 aromatic rings. The number of amides is 1. The van der Waals surface area contributed by atoms with E-state index < -0.39 is 0 Å². The summed E-state index contributed by atoms with van der Waals surface area (Å²) in [5, 5.41) is 0. The second-order valence-corrected chi connectivity index (χ2v) is 9.28. The maximum atomic E-state index is 12.5. The standard InChI is InChI=1S/C27H34N4O3/c1-20-8-10-22-23(31(20)27(32)33-2)11-12-24-26(22)28-25(13-9-21-6-4-3-5-7-21)30(24)15-14-29-16-18-34-19-17-29/h3-7,11-12,20H,8-10,13-19H2,1-2H3/t20-/m0/s1. The summed E-state index contributed by atoms with van der Waals surface area (Å²) in [6.07, 6.45) is 3.35. The fourth-order valence-corrected chi connectivity index (χ4v) is 5.26. The molecule has 1 aromatic heterocycles. The van der Waals surface area contributed by atoms with Gasteiger partial charge in [-0.25, -0.2) is 9.78 Å². The molecule has 0 radical (unpaired) electrons. The van der Waals surface area contributed by atoms with Crippen LogP contribution in [0.3, 0.4) is 0 Å². The Morgan fingerprint density at radius 3 is 2.65 bits per heavy atom. The summed E-state index contributed by atoms with van der Waals surface area (Å²) in [5.41, 5.74) is 5.61. The number of carbonyl (C=O) groups excluding carboxylic acids is 1. The molecule has 0 unspecified atom stereocenters. The Balaban J connectivity index is 1.50. The lowest BCUT2D eigenvalue weighted by molar-refractivity contribution is 0.0364. The maximum absolute atomic E-state index is 12.5. The molecule has 1 amide bonds. The van der Waals surface area contributed by atoms with Gasteiger partial charge in [-0.3, -0.25) is 9.80 Å². The summed E-state index contributed by atoms with van der Waals surface area (Å²) in [7, 11) is 1.45. The van der Waals surface area contributed by atoms with Crippen LogP contribution in [0.1, 0.15) is 30.3 Å². The van der Waals surface area contributed by atoms with Gasteiger partial charge in [0.2, 0.25) is 0 Å². The van der Waals surface area contributed by atoms with Crippen LogP contribution >= 0.6 is 0 Å². The number of benzene rings is 2. The molecule has 0 bridgehead atoms. The summed E-state index contributed by atoms with van der Waals surface area (Å²) in [6, 6.07) is 14.9. The Hall–Kier alpha value is -2.90. The molecule has 180 valence electrons. The molecule has 7 heteroatoms. The van der Waals surface area contributed by atoms with E-state index in [1.165, 1.54) is 12.7 Å². The highest BCUT2D eigenvalue weighted by Crippen LogP contribution is 2.36. The molecule has 1 saturated heterocycles. The van der Waals surface area contributed by atoms with Crippen LogP contribution in [0, 0.1) is 0 Å². The van der Waals surface area contributed by atoms with Crippen molar-refractivity contribution in [3.05, 3.63) is 59.4 Å². The Kier molecular flexibility index (Phi) is 6.83. The van der Waals surface area contributed by atoms with Gasteiger partial charge in [-0.05, 0) is 43.9 Å². The van der Waals surface area contributed by atoms with E-state index in [9.17, 15) is 4.79 Å². The Morgan fingerprint density at radius 1 is 1.09 bits per heavy atom. The van der Waals surface area contributed by atoms with Crippen LogP contribution in [0.25, 0.3) is 11.0 Å². The maximum Gasteiger partial charge on any atom is 0.414 e. The van der Waals surface area contributed by atoms with Crippen LogP contribution in [0.5, 0.6) is 0 Å². The first-order valence-electron chi connectivity index (χ1n) is 12.4. The van der Waals surface area contributed by atoms with Crippen molar-refractivity contribution in [2.24, 2.45) is 0 Å². The number of aryl methyl sites for hydroxylation is 3. The minimum absolute atomic E-state index is 0.110. The zero-order chi connectivity index (χ0) is 23.5. The molecule has 0 saturated carbocycles. The molecule has 2 aromatic carbocycles. The van der Waals surface area contributed by atoms with Crippen molar-refractivity contribution < 1.29 is 14.3 Å². The van der Waals surface area contributed by atoms with Crippen molar-refractivity contribution in [2.75, 3.05) is 44.9 Å². The molecule has 7 nitrogen and oxygen atoms in total. The number of aromatic nitrogens is 2. The predicted molar refractivity (Wildman–Crippen MR) is 134 cm³/mol. The lowest BCUT2D eigenvalue weighted by Gasteiger charge is -2.34. The van der Waals surface area contributed by atoms with Crippen molar-refractivity contribution in [2.45, 2.75) is 45.2 Å². The van der Waals surface area contributed by atoms with Gasteiger partial charge in [-0.15, -0.1) is 0 Å². The smallest absolute Gasteiger partial charge is 0.414 e. The number of ether oxygens (including phenoxy) is 2. The number of nitrogens with zero attached hydrogens (tertiary/aromatic N) is 4. The highest BCUT2D eigenvalue weighted by Gasteiger charge is 2.31. The number of fused-ring (bicyclic) bond motifs is 3. The van der Waals surface area contributed by atoms with Gasteiger partial charge in [-0.2, -0.15) is 0 Å². The van der Waals surface area contributed by atoms with E-state index in [-0.39, 0.29) is 12.1 Å². The SMILES string of the molecule is COC(=O)N1c2ccc3c(nc(CCc4ccccc4)n3CCN3CCOCC3)c2CC[C@@H]1C. The van der Waals surface area contributed by atoms with Gasteiger partial charge in [0.15, 0.2) is 0 Å². The zero-order valence-corrected chi connectivity index (χ0v) is 20.2. The first-order valence-corrected chi connectivity index (χ1v) is 12.4. The highest BCUT2D eigenvalue weighted by molar-refractivity contribution is 5.95. The van der Waals surface area contributed by atoms with Crippen LogP contribution in [-0.2, 0) is 35.3 Å². The van der Waals surface area contributed by atoms with Gasteiger partial charge < -0.3 is 14.0 Å². The average Bonchev–Trinajstić information content (AvgIpc) is 3.24. The van der Waals surface area contributed by atoms with Crippen LogP contribution < -0.4 is 4.90 Å². The number of hydrogen-bond acceptors (Lipinski definition) is 5. The molecule has 0 spiro atoms. The molecule has 2 aliphatic rings. The molecule has 1 fully saturated rings. The molecule has 0 aliphatic carbocycles. The summed E-state index contributed by atoms with van der Waals surface area (Å²) >= 11 is 0. The first-order chi connectivity index (χ1) is 16.7. The monoisotopic (exact) mass is 462 g/mol. The van der Waals surface area contributed by atoms with Crippen LogP contribution in [0.4, 0.5) is 10.5 Å². The fraction of sp³-hybridized carbons (Fsp3) is 0.481. The Labute approximate surface area is 201 Å². The third-order valence-electron chi connectivity index (χ3n) is 7.19. The molecule has 5 rings (SSSR count). The van der Waals surface area contributed by atoms with Gasteiger partial charge in [0.05, 0.1) is 37.0 Å². The van der Waals surface area contributed by atoms with Crippen LogP contribution in [0.15, 0.2) is 42.5 Å². The van der Waals surface area contributed by atoms with E-state index in [0.717, 1.165) is 93.2 Å². The van der Waals surface area contributed by atoms with Crippen molar-refractivity contribution in [1.29, 1.82) is 0 Å². The molecule has 0 N–H and O–H groups in total. The third kappa shape index (κ3) is 4.55. The number of methoxy groups -OCH3 is 1. The van der Waals surface area contributed by atoms with Crippen molar-refractivity contribution >= 4 is 22.8 Å². The number of hydrogen-bond donors (Lipinski definition) is 0. The highest BCUT2D eigenvalue weighted by atomic mass is 16.5. The van der Waals surface area contributed by atoms with Crippen molar-refractivity contribution in [3.8, 4) is 0 Å². The van der Waals surface area contributed by atoms with Gasteiger partial charge in [0.25, 0.3) is 0 Å². The normalized spacial score (nSPS) is 18.8. The summed E-state index contributed by atoms with van der Waals surface area (Å²) in [4.78, 5) is 22.0. The van der Waals surface area contributed by atoms with Crippen LogP contribution in [-0.4, -0.2) is 66.5 Å². The van der Waals surface area contributed by atoms with E-state index in [4.69, 9.17) is 14.5 Å². The first kappa shape index (κ1) is 22.9. The second kappa shape index (κ2) is 10.2. The van der Waals surface area contributed by atoms with Crippen LogP contribution in [0.2, 0.25) is 0 Å². The van der Waals surface area contributed by atoms with Gasteiger partial charge >= 0.3 is 6.09 Å². The van der Waals surface area contributed by atoms with E-state index in [1.54, 1.807) is 4.90 Å². The minimum atomic E-state index is -0.302. The second-order valence-electron chi connectivity index (χ2n) is 9.28. The topological polar surface area (TPSA) is 59.8 Å². The lowest BCUT2D eigenvalue weighted by atomic mass is 9.96. The van der Waals surface area contributed by atoms with Gasteiger partial charge in [0.1, 0.15) is 5.82 Å². The minimum Gasteiger partial charge on any atom is -0.452 e.